The summed E-state index contributed by atoms with van der Waals surface area (Å²) < 4.78 is 20.6. The molecular formula is C27H19FNNaO3S. The van der Waals surface area contributed by atoms with Crippen LogP contribution in [-0.4, -0.2) is 11.0 Å². The maximum Gasteiger partial charge on any atom is 1.00 e. The number of halogens is 1. The average molecular weight is 480 g/mol. The third kappa shape index (κ3) is 4.46. The summed E-state index contributed by atoms with van der Waals surface area (Å²) in [6, 6.07) is 19.3. The van der Waals surface area contributed by atoms with Gasteiger partial charge in [-0.2, -0.15) is 0 Å². The Morgan fingerprint density at radius 1 is 1.06 bits per heavy atom. The summed E-state index contributed by atoms with van der Waals surface area (Å²) >= 11 is 1.58. The number of carboxylic acids is 1. The molecular weight excluding hydrogens is 460 g/mol. The van der Waals surface area contributed by atoms with E-state index in [-0.39, 0.29) is 47.5 Å². The smallest absolute Gasteiger partial charge is 0.545 e. The second kappa shape index (κ2) is 9.84. The number of carbonyl (C=O) groups excluding carboxylic acids is 1. The van der Waals surface area contributed by atoms with Gasteiger partial charge in [-0.25, -0.2) is 9.37 Å². The molecule has 3 aromatic carbocycles. The third-order valence-electron chi connectivity index (χ3n) is 5.70. The SMILES string of the molecule is Cc1c(-c2cc(C(=O)[O-])c3c(OCc4cccc(F)c4)ccc(C)c3n2)sc2ccccc12.[Na+]. The molecule has 0 atom stereocenters. The molecule has 0 aliphatic carbocycles. The van der Waals surface area contributed by atoms with Gasteiger partial charge in [0.05, 0.1) is 27.4 Å². The average Bonchev–Trinajstić information content (AvgIpc) is 3.15. The van der Waals surface area contributed by atoms with Crippen LogP contribution in [-0.2, 0) is 6.61 Å². The number of hydrogen-bond acceptors (Lipinski definition) is 5. The van der Waals surface area contributed by atoms with Gasteiger partial charge in [0.15, 0.2) is 0 Å². The van der Waals surface area contributed by atoms with Crippen LogP contribution in [0.15, 0.2) is 66.7 Å². The van der Waals surface area contributed by atoms with Crippen LogP contribution in [0.4, 0.5) is 4.39 Å². The van der Waals surface area contributed by atoms with Crippen molar-refractivity contribution in [1.82, 2.24) is 4.98 Å². The van der Waals surface area contributed by atoms with Gasteiger partial charge in [-0.05, 0) is 66.3 Å². The van der Waals surface area contributed by atoms with Gasteiger partial charge in [-0.1, -0.05) is 36.4 Å². The van der Waals surface area contributed by atoms with Crippen molar-refractivity contribution in [1.29, 1.82) is 0 Å². The molecule has 2 heterocycles. The fourth-order valence-electron chi connectivity index (χ4n) is 4.05. The number of aromatic carboxylic acids is 1. The molecule has 0 amide bonds. The Kier molecular flexibility index (Phi) is 7.05. The van der Waals surface area contributed by atoms with Crippen LogP contribution in [0.1, 0.15) is 27.0 Å². The molecule has 0 spiro atoms. The number of carboxylic acid groups (broad SMARTS) is 1. The van der Waals surface area contributed by atoms with Gasteiger partial charge < -0.3 is 14.6 Å². The Hall–Kier alpha value is -2.77. The van der Waals surface area contributed by atoms with Crippen LogP contribution in [0, 0.1) is 19.7 Å². The predicted molar refractivity (Wildman–Crippen MR) is 127 cm³/mol. The number of rotatable bonds is 5. The Morgan fingerprint density at radius 3 is 2.59 bits per heavy atom. The molecule has 0 N–H and O–H groups in total. The molecule has 0 bridgehead atoms. The van der Waals surface area contributed by atoms with Crippen molar-refractivity contribution >= 4 is 38.3 Å². The number of carbonyl (C=O) groups is 1. The number of aryl methyl sites for hydroxylation is 2. The summed E-state index contributed by atoms with van der Waals surface area (Å²) in [5.74, 6) is -1.29. The van der Waals surface area contributed by atoms with E-state index in [9.17, 15) is 14.3 Å². The number of thiophene rings is 1. The monoisotopic (exact) mass is 479 g/mol. The number of ether oxygens (including phenoxy) is 1. The largest absolute Gasteiger partial charge is 1.00 e. The Bertz CT molecular complexity index is 1550. The number of nitrogens with zero attached hydrogens (tertiary/aromatic N) is 1. The number of fused-ring (bicyclic) bond motifs is 2. The molecule has 4 nitrogen and oxygen atoms in total. The first-order valence-electron chi connectivity index (χ1n) is 10.4. The number of hydrogen-bond donors (Lipinski definition) is 0. The fourth-order valence-corrected chi connectivity index (χ4v) is 5.22. The van der Waals surface area contributed by atoms with Gasteiger partial charge in [0, 0.05) is 10.3 Å². The standard InChI is InChI=1S/C27H20FNO3S.Na/c1-15-10-11-22(32-14-17-6-5-7-18(28)12-17)24-20(27(30)31)13-21(29-25(15)24)26-16(2)19-8-3-4-9-23(19)33-26;/h3-13H,14H2,1-2H3,(H,30,31);/q;+1/p-1. The van der Waals surface area contributed by atoms with E-state index in [4.69, 9.17) is 9.72 Å². The molecule has 34 heavy (non-hydrogen) atoms. The summed E-state index contributed by atoms with van der Waals surface area (Å²) in [6.07, 6.45) is 0. The van der Waals surface area contributed by atoms with Gasteiger partial charge in [0.2, 0.25) is 0 Å². The maximum absolute atomic E-state index is 13.5. The molecule has 2 aromatic heterocycles. The van der Waals surface area contributed by atoms with Crippen LogP contribution >= 0.6 is 11.3 Å². The second-order valence-corrected chi connectivity index (χ2v) is 8.97. The Morgan fingerprint density at radius 2 is 1.85 bits per heavy atom. The third-order valence-corrected chi connectivity index (χ3v) is 7.00. The number of pyridine rings is 1. The van der Waals surface area contributed by atoms with Crippen molar-refractivity contribution in [2.75, 3.05) is 0 Å². The van der Waals surface area contributed by atoms with Gasteiger partial charge in [-0.15, -0.1) is 11.3 Å². The van der Waals surface area contributed by atoms with Crippen molar-refractivity contribution in [2.45, 2.75) is 20.5 Å². The molecule has 5 aromatic rings. The zero-order chi connectivity index (χ0) is 23.1. The minimum Gasteiger partial charge on any atom is -0.545 e. The number of benzene rings is 3. The molecule has 0 saturated heterocycles. The quantitative estimate of drug-likeness (QED) is 0.364. The molecule has 0 fully saturated rings. The van der Waals surface area contributed by atoms with E-state index >= 15 is 0 Å². The fraction of sp³-hybridized carbons (Fsp3) is 0.111. The molecule has 0 aliphatic rings. The Balaban J connectivity index is 0.00000274. The first-order valence-corrected chi connectivity index (χ1v) is 11.3. The summed E-state index contributed by atoms with van der Waals surface area (Å²) in [7, 11) is 0. The second-order valence-electron chi connectivity index (χ2n) is 7.92. The van der Waals surface area contributed by atoms with Crippen molar-refractivity contribution in [3.8, 4) is 16.3 Å². The van der Waals surface area contributed by atoms with E-state index in [2.05, 4.69) is 6.07 Å². The van der Waals surface area contributed by atoms with Crippen molar-refractivity contribution in [2.24, 2.45) is 0 Å². The van der Waals surface area contributed by atoms with Crippen molar-refractivity contribution in [3.63, 3.8) is 0 Å². The summed E-state index contributed by atoms with van der Waals surface area (Å²) in [4.78, 5) is 18.0. The minimum absolute atomic E-state index is 0. The van der Waals surface area contributed by atoms with Gasteiger partial charge in [0.25, 0.3) is 0 Å². The first kappa shape index (κ1) is 24.4. The van der Waals surface area contributed by atoms with Gasteiger partial charge >= 0.3 is 29.6 Å². The van der Waals surface area contributed by atoms with Crippen LogP contribution < -0.4 is 39.4 Å². The molecule has 0 aliphatic heterocycles. The van der Waals surface area contributed by atoms with Gasteiger partial charge in [0.1, 0.15) is 18.2 Å². The van der Waals surface area contributed by atoms with E-state index in [0.717, 1.165) is 26.1 Å². The van der Waals surface area contributed by atoms with E-state index in [1.54, 1.807) is 35.6 Å². The molecule has 0 radical (unpaired) electrons. The summed E-state index contributed by atoms with van der Waals surface area (Å²) in [5, 5.41) is 13.7. The van der Waals surface area contributed by atoms with E-state index in [0.29, 0.717) is 27.9 Å². The molecule has 5 rings (SSSR count). The summed E-state index contributed by atoms with van der Waals surface area (Å²) in [6.45, 7) is 4.00. The number of aromatic nitrogens is 1. The minimum atomic E-state index is -1.30. The van der Waals surface area contributed by atoms with E-state index < -0.39 is 5.97 Å². The van der Waals surface area contributed by atoms with Crippen LogP contribution in [0.3, 0.4) is 0 Å². The molecule has 0 saturated carbocycles. The first-order chi connectivity index (χ1) is 15.9. The predicted octanol–water partition coefficient (Wildman–Crippen LogP) is 2.82. The molecule has 164 valence electrons. The van der Waals surface area contributed by atoms with E-state index in [1.807, 2.05) is 38.1 Å². The topological polar surface area (TPSA) is 62.2 Å². The zero-order valence-electron chi connectivity index (χ0n) is 19.0. The Labute approximate surface area is 222 Å². The normalized spacial score (nSPS) is 10.9. The molecule has 0 unspecified atom stereocenters. The van der Waals surface area contributed by atoms with E-state index in [1.165, 1.54) is 12.1 Å². The van der Waals surface area contributed by atoms with Gasteiger partial charge in [-0.3, -0.25) is 0 Å². The van der Waals surface area contributed by atoms with Crippen LogP contribution in [0.5, 0.6) is 5.75 Å². The zero-order valence-corrected chi connectivity index (χ0v) is 21.8. The van der Waals surface area contributed by atoms with Crippen LogP contribution in [0.2, 0.25) is 0 Å². The molecule has 7 heteroatoms. The summed E-state index contributed by atoms with van der Waals surface area (Å²) in [5.41, 5.74) is 3.68. The van der Waals surface area contributed by atoms with Crippen LogP contribution in [0.25, 0.3) is 31.6 Å². The van der Waals surface area contributed by atoms with Crippen molar-refractivity contribution in [3.05, 3.63) is 94.8 Å². The maximum atomic E-state index is 13.5. The van der Waals surface area contributed by atoms with Crippen molar-refractivity contribution < 1.29 is 48.6 Å².